The first-order valence-corrected chi connectivity index (χ1v) is 11.9. The summed E-state index contributed by atoms with van der Waals surface area (Å²) in [6.07, 6.45) is 0. The van der Waals surface area contributed by atoms with Crippen LogP contribution >= 0.6 is 11.6 Å². The predicted octanol–water partition coefficient (Wildman–Crippen LogP) is 7.21. The minimum absolute atomic E-state index is 0.268. The van der Waals surface area contributed by atoms with E-state index in [9.17, 15) is 18.4 Å². The quantitative estimate of drug-likeness (QED) is 0.253. The minimum Gasteiger partial charge on any atom is -0.497 e. The number of rotatable bonds is 7. The highest BCUT2D eigenvalue weighted by Crippen LogP contribution is 2.30. The molecule has 0 saturated carbocycles. The van der Waals surface area contributed by atoms with E-state index in [4.69, 9.17) is 21.1 Å². The van der Waals surface area contributed by atoms with E-state index in [1.165, 1.54) is 26.4 Å². The van der Waals surface area contributed by atoms with Crippen molar-refractivity contribution >= 4 is 22.8 Å². The number of amides is 1. The number of benzene rings is 4. The van der Waals surface area contributed by atoms with Gasteiger partial charge in [0, 0.05) is 22.8 Å². The zero-order chi connectivity index (χ0) is 27.7. The zero-order valence-corrected chi connectivity index (χ0v) is 21.8. The van der Waals surface area contributed by atoms with E-state index in [0.29, 0.717) is 28.2 Å². The second-order valence-corrected chi connectivity index (χ2v) is 8.49. The Balaban J connectivity index is 0.000000304. The van der Waals surface area contributed by atoms with E-state index in [0.717, 1.165) is 11.6 Å². The van der Waals surface area contributed by atoms with Crippen molar-refractivity contribution in [1.29, 1.82) is 0 Å². The first-order chi connectivity index (χ1) is 18.2. The Hall–Kier alpha value is -4.23. The van der Waals surface area contributed by atoms with Gasteiger partial charge in [0.25, 0.3) is 11.1 Å². The minimum atomic E-state index is -0.645. The Labute approximate surface area is 225 Å². The van der Waals surface area contributed by atoms with Crippen LogP contribution in [0.2, 0.25) is 0 Å². The summed E-state index contributed by atoms with van der Waals surface area (Å²) in [5, 5.41) is 2.45. The third kappa shape index (κ3) is 7.40. The van der Waals surface area contributed by atoms with Gasteiger partial charge in [0.1, 0.15) is 23.1 Å². The molecule has 1 atom stereocenters. The van der Waals surface area contributed by atoms with Gasteiger partial charge in [-0.3, -0.25) is 9.59 Å². The molecule has 1 unspecified atom stereocenters. The highest BCUT2D eigenvalue weighted by molar-refractivity contribution is 6.67. The number of methoxy groups -OCH3 is 2. The first-order valence-electron chi connectivity index (χ1n) is 11.6. The second kappa shape index (κ2) is 13.4. The number of nitrogens with one attached hydrogen (secondary N) is 1. The molecular weight excluding hydrogens is 512 g/mol. The Morgan fingerprint density at radius 3 is 1.97 bits per heavy atom. The summed E-state index contributed by atoms with van der Waals surface area (Å²) >= 11 is 5.24. The van der Waals surface area contributed by atoms with Crippen LogP contribution in [0.4, 0.5) is 8.78 Å². The molecule has 5 nitrogen and oxygen atoms in total. The van der Waals surface area contributed by atoms with Gasteiger partial charge in [-0.15, -0.1) is 0 Å². The smallest absolute Gasteiger partial charge is 0.252 e. The van der Waals surface area contributed by atoms with E-state index in [-0.39, 0.29) is 17.5 Å². The van der Waals surface area contributed by atoms with Gasteiger partial charge in [-0.1, -0.05) is 36.4 Å². The van der Waals surface area contributed by atoms with E-state index in [1.54, 1.807) is 60.7 Å². The average Bonchev–Trinajstić information content (AvgIpc) is 2.93. The van der Waals surface area contributed by atoms with Crippen LogP contribution in [0.3, 0.4) is 0 Å². The van der Waals surface area contributed by atoms with Gasteiger partial charge in [-0.2, -0.15) is 0 Å². The highest BCUT2D eigenvalue weighted by atomic mass is 35.5. The lowest BCUT2D eigenvalue weighted by Gasteiger charge is -2.19. The van der Waals surface area contributed by atoms with Crippen molar-refractivity contribution in [3.05, 3.63) is 119 Å². The number of halogens is 3. The fraction of sp³-hybridized carbons (Fsp3) is 0.133. The first kappa shape index (κ1) is 28.3. The van der Waals surface area contributed by atoms with Crippen LogP contribution in [0.5, 0.6) is 11.5 Å². The molecule has 0 aliphatic rings. The van der Waals surface area contributed by atoms with Crippen molar-refractivity contribution in [2.75, 3.05) is 14.2 Å². The van der Waals surface area contributed by atoms with Gasteiger partial charge in [0.15, 0.2) is 0 Å². The van der Waals surface area contributed by atoms with Gasteiger partial charge in [-0.25, -0.2) is 8.78 Å². The molecule has 4 aromatic rings. The zero-order valence-electron chi connectivity index (χ0n) is 21.0. The molecule has 38 heavy (non-hydrogen) atoms. The molecule has 0 aliphatic carbocycles. The monoisotopic (exact) mass is 537 g/mol. The molecule has 0 aliphatic heterocycles. The predicted molar refractivity (Wildman–Crippen MR) is 144 cm³/mol. The molecule has 0 aromatic heterocycles. The maximum absolute atomic E-state index is 14.2. The number of carbonyl (C=O) groups is 2. The van der Waals surface area contributed by atoms with Gasteiger partial charge in [-0.05, 0) is 78.2 Å². The molecule has 0 radical (unpaired) electrons. The largest absolute Gasteiger partial charge is 0.497 e. The van der Waals surface area contributed by atoms with E-state index < -0.39 is 16.9 Å². The fourth-order valence-electron chi connectivity index (χ4n) is 3.70. The molecule has 4 aromatic carbocycles. The van der Waals surface area contributed by atoms with E-state index in [2.05, 4.69) is 5.32 Å². The summed E-state index contributed by atoms with van der Waals surface area (Å²) in [4.78, 5) is 23.2. The lowest BCUT2D eigenvalue weighted by molar-refractivity contribution is 0.0939. The molecule has 0 fully saturated rings. The van der Waals surface area contributed by atoms with Gasteiger partial charge < -0.3 is 14.8 Å². The highest BCUT2D eigenvalue weighted by Gasteiger charge is 2.17. The Kier molecular flexibility index (Phi) is 9.96. The summed E-state index contributed by atoms with van der Waals surface area (Å²) in [6, 6.07) is 23.8. The van der Waals surface area contributed by atoms with E-state index >= 15 is 0 Å². The van der Waals surface area contributed by atoms with Crippen molar-refractivity contribution in [2.24, 2.45) is 0 Å². The van der Waals surface area contributed by atoms with Crippen molar-refractivity contribution < 1.29 is 27.8 Å². The third-order valence-corrected chi connectivity index (χ3v) is 5.84. The molecule has 0 spiro atoms. The van der Waals surface area contributed by atoms with E-state index in [1.807, 2.05) is 19.1 Å². The number of carbonyl (C=O) groups excluding carboxylic acids is 2. The van der Waals surface area contributed by atoms with Crippen LogP contribution in [0, 0.1) is 11.6 Å². The Morgan fingerprint density at radius 2 is 1.37 bits per heavy atom. The van der Waals surface area contributed by atoms with Crippen molar-refractivity contribution in [2.45, 2.75) is 13.0 Å². The standard InChI is InChI=1S/C22H19F2NO2.C8H7ClO2/c1-14(25-22(26)15-6-5-7-17(12-15)27-2)18-8-3-4-9-19(18)20-11-10-16(23)13-21(20)24;1-11-7-4-2-3-6(5-7)8(9)10/h3-14H,1-2H3,(H,25,26);2-5H,1H3. The topological polar surface area (TPSA) is 64.6 Å². The summed E-state index contributed by atoms with van der Waals surface area (Å²) in [7, 11) is 3.07. The van der Waals surface area contributed by atoms with Crippen molar-refractivity contribution in [1.82, 2.24) is 5.32 Å². The number of hydrogen-bond acceptors (Lipinski definition) is 4. The molecule has 196 valence electrons. The van der Waals surface area contributed by atoms with Crippen LogP contribution in [-0.2, 0) is 0 Å². The normalized spacial score (nSPS) is 11.0. The Morgan fingerprint density at radius 1 is 0.763 bits per heavy atom. The lowest BCUT2D eigenvalue weighted by atomic mass is 9.95. The van der Waals surface area contributed by atoms with Crippen LogP contribution in [0.25, 0.3) is 11.1 Å². The van der Waals surface area contributed by atoms with Crippen LogP contribution in [0.1, 0.15) is 39.2 Å². The number of ether oxygens (including phenoxy) is 2. The molecular formula is C30H26ClF2NO4. The van der Waals surface area contributed by atoms with Gasteiger partial charge >= 0.3 is 0 Å². The van der Waals surface area contributed by atoms with Crippen LogP contribution in [-0.4, -0.2) is 25.4 Å². The third-order valence-electron chi connectivity index (χ3n) is 5.62. The average molecular weight is 538 g/mol. The summed E-state index contributed by atoms with van der Waals surface area (Å²) in [5.74, 6) is -0.321. The second-order valence-electron chi connectivity index (χ2n) is 8.14. The molecule has 0 bridgehead atoms. The maximum atomic E-state index is 14.2. The van der Waals surface area contributed by atoms with Crippen molar-refractivity contribution in [3.63, 3.8) is 0 Å². The van der Waals surface area contributed by atoms with Crippen LogP contribution < -0.4 is 14.8 Å². The summed E-state index contributed by atoms with van der Waals surface area (Å²) < 4.78 is 37.5. The lowest BCUT2D eigenvalue weighted by Crippen LogP contribution is -2.27. The Bertz CT molecular complexity index is 1430. The maximum Gasteiger partial charge on any atom is 0.252 e. The van der Waals surface area contributed by atoms with Crippen molar-refractivity contribution in [3.8, 4) is 22.6 Å². The number of hydrogen-bond donors (Lipinski definition) is 1. The van der Waals surface area contributed by atoms with Gasteiger partial charge in [0.2, 0.25) is 0 Å². The molecule has 0 saturated heterocycles. The molecule has 4 rings (SSSR count). The molecule has 1 amide bonds. The molecule has 1 N–H and O–H groups in total. The van der Waals surface area contributed by atoms with Crippen LogP contribution in [0.15, 0.2) is 91.0 Å². The fourth-order valence-corrected chi connectivity index (χ4v) is 3.81. The molecule has 8 heteroatoms. The molecule has 0 heterocycles. The van der Waals surface area contributed by atoms with Gasteiger partial charge in [0.05, 0.1) is 20.3 Å². The summed E-state index contributed by atoms with van der Waals surface area (Å²) in [6.45, 7) is 1.82. The summed E-state index contributed by atoms with van der Waals surface area (Å²) in [5.41, 5.74) is 2.54. The SMILES string of the molecule is COc1cccc(C(=O)Cl)c1.COc1cccc(C(=O)NC(C)c2ccccc2-c2ccc(F)cc2F)c1.